The molecule has 0 aromatic heterocycles. The fourth-order valence-corrected chi connectivity index (χ4v) is 5.22. The van der Waals surface area contributed by atoms with Crippen molar-refractivity contribution in [1.82, 2.24) is 0 Å². The number of anilines is 2. The van der Waals surface area contributed by atoms with Gasteiger partial charge in [0.25, 0.3) is 0 Å². The zero-order chi connectivity index (χ0) is 23.2. The quantitative estimate of drug-likeness (QED) is 0.516. The number of hydrogen-bond donors (Lipinski definition) is 2. The van der Waals surface area contributed by atoms with Crippen molar-refractivity contribution in [3.05, 3.63) is 52.0 Å². The minimum atomic E-state index is -0.883. The van der Waals surface area contributed by atoms with Crippen LogP contribution < -0.4 is 14.5 Å². The fraction of sp³-hybridized carbons (Fsp3) is 0.480. The summed E-state index contributed by atoms with van der Waals surface area (Å²) >= 11 is 12.7. The number of aliphatic carboxylic acids is 1. The van der Waals surface area contributed by atoms with Gasteiger partial charge in [-0.05, 0) is 55.9 Å². The molecule has 0 spiro atoms. The van der Waals surface area contributed by atoms with E-state index < -0.39 is 12.2 Å². The predicted molar refractivity (Wildman–Crippen MR) is 130 cm³/mol. The lowest BCUT2D eigenvalue weighted by molar-refractivity contribution is -0.136. The van der Waals surface area contributed by atoms with Crippen LogP contribution in [0.4, 0.5) is 11.4 Å². The molecule has 1 unspecified atom stereocenters. The molecule has 2 aromatic rings. The number of rotatable bonds is 9. The Hall–Kier alpha value is -2.15. The first-order valence-corrected chi connectivity index (χ1v) is 12.3. The van der Waals surface area contributed by atoms with E-state index in [1.807, 2.05) is 6.07 Å². The van der Waals surface area contributed by atoms with Gasteiger partial charge in [-0.2, -0.15) is 0 Å². The first-order chi connectivity index (χ1) is 15.9. The highest BCUT2D eigenvalue weighted by molar-refractivity contribution is 6.34. The summed E-state index contributed by atoms with van der Waals surface area (Å²) in [6.45, 7) is 2.03. The maximum Gasteiger partial charge on any atom is 0.303 e. The summed E-state index contributed by atoms with van der Waals surface area (Å²) in [6, 6.07) is 12.3. The number of ether oxygens (including phenoxy) is 1. The Balaban J connectivity index is 1.29. The first kappa shape index (κ1) is 22.6. The predicted octanol–water partition coefficient (Wildman–Crippen LogP) is 4.98. The van der Waals surface area contributed by atoms with Gasteiger partial charge in [0, 0.05) is 42.1 Å². The number of aliphatic hydroxyl groups is 1. The van der Waals surface area contributed by atoms with E-state index in [0.29, 0.717) is 40.4 Å². The second-order valence-electron chi connectivity index (χ2n) is 9.40. The van der Waals surface area contributed by atoms with E-state index in [-0.39, 0.29) is 11.8 Å². The van der Waals surface area contributed by atoms with E-state index in [4.69, 9.17) is 33.0 Å². The van der Waals surface area contributed by atoms with Crippen molar-refractivity contribution in [2.45, 2.75) is 50.8 Å². The van der Waals surface area contributed by atoms with E-state index in [9.17, 15) is 9.90 Å². The molecule has 0 saturated heterocycles. The van der Waals surface area contributed by atoms with Crippen molar-refractivity contribution < 1.29 is 19.7 Å². The van der Waals surface area contributed by atoms with Crippen LogP contribution in [0.3, 0.4) is 0 Å². The van der Waals surface area contributed by atoms with Gasteiger partial charge in [0.15, 0.2) is 0 Å². The molecule has 1 atom stereocenters. The molecule has 8 heteroatoms. The number of benzene rings is 2. The van der Waals surface area contributed by atoms with Crippen molar-refractivity contribution in [3.8, 4) is 5.75 Å². The molecule has 6 nitrogen and oxygen atoms in total. The van der Waals surface area contributed by atoms with Crippen molar-refractivity contribution in [1.29, 1.82) is 0 Å². The molecule has 2 aliphatic carbocycles. The zero-order valence-corrected chi connectivity index (χ0v) is 19.9. The van der Waals surface area contributed by atoms with Crippen LogP contribution in [0.2, 0.25) is 10.0 Å². The molecule has 2 saturated carbocycles. The Morgan fingerprint density at radius 3 is 2.52 bits per heavy atom. The lowest BCUT2D eigenvalue weighted by Gasteiger charge is -2.43. The zero-order valence-electron chi connectivity index (χ0n) is 18.3. The lowest BCUT2D eigenvalue weighted by atomic mass is 10.0. The fourth-order valence-electron chi connectivity index (χ4n) is 4.73. The number of hydrogen-bond acceptors (Lipinski definition) is 5. The molecule has 1 aliphatic heterocycles. The maximum atomic E-state index is 11.4. The Morgan fingerprint density at radius 2 is 1.85 bits per heavy atom. The molecule has 0 amide bonds. The molecule has 5 rings (SSSR count). The average Bonchev–Trinajstić information content (AvgIpc) is 3.72. The molecule has 33 heavy (non-hydrogen) atoms. The Morgan fingerprint density at radius 1 is 1.12 bits per heavy atom. The van der Waals surface area contributed by atoms with Crippen LogP contribution in [0.15, 0.2) is 36.4 Å². The van der Waals surface area contributed by atoms with Crippen molar-refractivity contribution in [2.75, 3.05) is 29.5 Å². The van der Waals surface area contributed by atoms with Gasteiger partial charge >= 0.3 is 5.97 Å². The standard InChI is InChI=1S/C25H28Cl2N2O4/c26-18-14-22(19(27)13-16(18)5-8-23(30)31)33-15-25(9-10-25)24(32)29-12-11-28(17-6-7-17)20-3-1-2-4-21(20)29/h1-4,13-14,17,24,32H,5-12,15H2,(H,30,31). The van der Waals surface area contributed by atoms with E-state index in [2.05, 4.69) is 28.0 Å². The number of para-hydroxylation sites is 2. The molecule has 176 valence electrons. The first-order valence-electron chi connectivity index (χ1n) is 11.5. The van der Waals surface area contributed by atoms with Gasteiger partial charge in [-0.25, -0.2) is 0 Å². The van der Waals surface area contributed by atoms with Gasteiger partial charge in [0.05, 0.1) is 23.0 Å². The number of carbonyl (C=O) groups is 1. The van der Waals surface area contributed by atoms with Crippen LogP contribution >= 0.6 is 23.2 Å². The molecule has 0 radical (unpaired) electrons. The summed E-state index contributed by atoms with van der Waals surface area (Å²) in [5, 5.41) is 21.2. The third-order valence-electron chi connectivity index (χ3n) is 7.03. The highest BCUT2D eigenvalue weighted by atomic mass is 35.5. The van der Waals surface area contributed by atoms with Gasteiger partial charge in [-0.3, -0.25) is 4.79 Å². The Bertz CT molecular complexity index is 1050. The highest BCUT2D eigenvalue weighted by Crippen LogP contribution is 2.52. The molecular formula is C25H28Cl2N2O4. The molecule has 2 fully saturated rings. The summed E-state index contributed by atoms with van der Waals surface area (Å²) < 4.78 is 6.06. The average molecular weight is 491 g/mol. The highest BCUT2D eigenvalue weighted by Gasteiger charge is 2.53. The Kier molecular flexibility index (Phi) is 6.10. The van der Waals surface area contributed by atoms with Gasteiger partial charge in [0.1, 0.15) is 12.0 Å². The van der Waals surface area contributed by atoms with Crippen molar-refractivity contribution in [3.63, 3.8) is 0 Å². The summed E-state index contributed by atoms with van der Waals surface area (Å²) in [7, 11) is 0. The SMILES string of the molecule is O=C(O)CCc1cc(Cl)c(OCC2(C(O)N3CCN(C4CC4)c4ccccc43)CC2)cc1Cl. The molecule has 0 bridgehead atoms. The molecular weight excluding hydrogens is 463 g/mol. The van der Waals surface area contributed by atoms with Crippen LogP contribution in [0.25, 0.3) is 0 Å². The van der Waals surface area contributed by atoms with Crippen LogP contribution in [0.5, 0.6) is 5.75 Å². The second kappa shape index (κ2) is 8.90. The van der Waals surface area contributed by atoms with Crippen LogP contribution in [-0.2, 0) is 11.2 Å². The molecule has 1 heterocycles. The largest absolute Gasteiger partial charge is 0.491 e. The van der Waals surface area contributed by atoms with E-state index in [0.717, 1.165) is 31.6 Å². The maximum absolute atomic E-state index is 11.4. The second-order valence-corrected chi connectivity index (χ2v) is 10.2. The molecule has 3 aliphatic rings. The number of carboxylic acid groups (broad SMARTS) is 1. The smallest absolute Gasteiger partial charge is 0.303 e. The third kappa shape index (κ3) is 4.61. The van der Waals surface area contributed by atoms with Gasteiger partial charge in [0.2, 0.25) is 0 Å². The third-order valence-corrected chi connectivity index (χ3v) is 7.68. The van der Waals surface area contributed by atoms with Gasteiger partial charge in [-0.15, -0.1) is 0 Å². The number of nitrogens with zero attached hydrogens (tertiary/aromatic N) is 2. The summed E-state index contributed by atoms with van der Waals surface area (Å²) in [5.41, 5.74) is 2.61. The Labute approximate surface area is 203 Å². The summed E-state index contributed by atoms with van der Waals surface area (Å²) in [4.78, 5) is 15.4. The topological polar surface area (TPSA) is 73.2 Å². The van der Waals surface area contributed by atoms with Crippen molar-refractivity contribution in [2.24, 2.45) is 5.41 Å². The number of aryl methyl sites for hydroxylation is 1. The summed E-state index contributed by atoms with van der Waals surface area (Å²) in [6.07, 6.45) is 3.89. The molecule has 2 aromatic carbocycles. The van der Waals surface area contributed by atoms with E-state index >= 15 is 0 Å². The molecule has 2 N–H and O–H groups in total. The summed E-state index contributed by atoms with van der Waals surface area (Å²) in [5.74, 6) is -0.426. The van der Waals surface area contributed by atoms with Crippen LogP contribution in [0.1, 0.15) is 37.7 Å². The minimum absolute atomic E-state index is 0.0129. The van der Waals surface area contributed by atoms with Crippen molar-refractivity contribution >= 4 is 40.5 Å². The van der Waals surface area contributed by atoms with Crippen LogP contribution in [-0.4, -0.2) is 48.1 Å². The van der Waals surface area contributed by atoms with Gasteiger partial charge < -0.3 is 24.7 Å². The number of halogens is 2. The normalized spacial score (nSPS) is 19.7. The monoisotopic (exact) mass is 490 g/mol. The number of fused-ring (bicyclic) bond motifs is 1. The number of carboxylic acids is 1. The van der Waals surface area contributed by atoms with Gasteiger partial charge in [-0.1, -0.05) is 35.3 Å². The van der Waals surface area contributed by atoms with Crippen LogP contribution in [0, 0.1) is 5.41 Å². The minimum Gasteiger partial charge on any atom is -0.491 e. The lowest BCUT2D eigenvalue weighted by Crippen LogP contribution is -2.51. The number of aliphatic hydroxyl groups excluding tert-OH is 1. The van der Waals surface area contributed by atoms with E-state index in [1.165, 1.54) is 18.5 Å². The van der Waals surface area contributed by atoms with E-state index in [1.54, 1.807) is 12.1 Å².